The Morgan fingerprint density at radius 1 is 1.07 bits per heavy atom. The average Bonchev–Trinajstić information content (AvgIpc) is 3.01. The molecular weight excluding hydrogens is 354 g/mol. The van der Waals surface area contributed by atoms with Crippen LogP contribution in [0, 0.1) is 0 Å². The van der Waals surface area contributed by atoms with Gasteiger partial charge in [0.15, 0.2) is 0 Å². The third-order valence-corrected chi connectivity index (χ3v) is 5.08. The quantitative estimate of drug-likeness (QED) is 0.751. The predicted molar refractivity (Wildman–Crippen MR) is 107 cm³/mol. The molecule has 2 N–H and O–H groups in total. The van der Waals surface area contributed by atoms with E-state index in [1.807, 2.05) is 24.3 Å². The number of hydrogen-bond donors (Lipinski definition) is 2. The van der Waals surface area contributed by atoms with Crippen molar-refractivity contribution in [1.29, 1.82) is 0 Å². The second kappa shape index (κ2) is 9.88. The first-order chi connectivity index (χ1) is 13.7. The molecule has 1 aliphatic carbocycles. The summed E-state index contributed by atoms with van der Waals surface area (Å²) in [6.45, 7) is 0.322. The van der Waals surface area contributed by atoms with E-state index < -0.39 is 0 Å². The van der Waals surface area contributed by atoms with E-state index in [9.17, 15) is 9.59 Å². The Labute approximate surface area is 165 Å². The van der Waals surface area contributed by atoms with Crippen molar-refractivity contribution in [2.75, 3.05) is 7.11 Å². The van der Waals surface area contributed by atoms with Gasteiger partial charge >= 0.3 is 0 Å². The summed E-state index contributed by atoms with van der Waals surface area (Å²) in [5.74, 6) is 0.246. The molecule has 0 bridgehead atoms. The van der Waals surface area contributed by atoms with E-state index in [0.29, 0.717) is 17.9 Å². The maximum Gasteiger partial charge on any atom is 0.270 e. The minimum Gasteiger partial charge on any atom is -0.496 e. The molecule has 2 aromatic rings. The number of amides is 2. The minimum atomic E-state index is -0.324. The van der Waals surface area contributed by atoms with E-state index in [2.05, 4.69) is 15.6 Å². The number of methoxy groups -OCH3 is 1. The van der Waals surface area contributed by atoms with Gasteiger partial charge < -0.3 is 15.4 Å². The number of carbonyl (C=O) groups is 2. The molecule has 6 nitrogen and oxygen atoms in total. The summed E-state index contributed by atoms with van der Waals surface area (Å²) < 4.78 is 5.30. The van der Waals surface area contributed by atoms with Crippen LogP contribution in [0.1, 0.15) is 64.9 Å². The molecule has 1 aromatic heterocycles. The number of nitrogens with zero attached hydrogens (tertiary/aromatic N) is 1. The van der Waals surface area contributed by atoms with Gasteiger partial charge in [0.2, 0.25) is 0 Å². The lowest BCUT2D eigenvalue weighted by Gasteiger charge is -2.16. The summed E-state index contributed by atoms with van der Waals surface area (Å²) in [6, 6.07) is 10.9. The Morgan fingerprint density at radius 2 is 1.82 bits per heavy atom. The van der Waals surface area contributed by atoms with Crippen LogP contribution in [0.25, 0.3) is 0 Å². The van der Waals surface area contributed by atoms with E-state index in [0.717, 1.165) is 31.2 Å². The number of carbonyl (C=O) groups excluding carboxylic acids is 2. The van der Waals surface area contributed by atoms with Gasteiger partial charge in [0.1, 0.15) is 11.4 Å². The molecule has 1 saturated carbocycles. The molecule has 1 fully saturated rings. The fraction of sp³-hybridized carbons (Fsp3) is 0.409. The van der Waals surface area contributed by atoms with Gasteiger partial charge in [-0.15, -0.1) is 0 Å². The van der Waals surface area contributed by atoms with Crippen LogP contribution in [0.5, 0.6) is 5.75 Å². The molecule has 0 unspecified atom stereocenters. The molecule has 1 aliphatic rings. The highest BCUT2D eigenvalue weighted by Gasteiger charge is 2.17. The highest BCUT2D eigenvalue weighted by Crippen LogP contribution is 2.18. The third-order valence-electron chi connectivity index (χ3n) is 5.08. The summed E-state index contributed by atoms with van der Waals surface area (Å²) in [6.07, 6.45) is 8.30. The fourth-order valence-electron chi connectivity index (χ4n) is 3.50. The van der Waals surface area contributed by atoms with Crippen molar-refractivity contribution in [2.24, 2.45) is 0 Å². The van der Waals surface area contributed by atoms with Gasteiger partial charge in [-0.3, -0.25) is 14.6 Å². The summed E-state index contributed by atoms with van der Waals surface area (Å²) in [4.78, 5) is 29.2. The van der Waals surface area contributed by atoms with E-state index in [1.165, 1.54) is 19.0 Å². The SMILES string of the molecule is COc1ccccc1CNC(=O)c1cc(C(=O)NC2CCCCCC2)ccn1. The molecule has 0 spiro atoms. The molecule has 0 atom stereocenters. The van der Waals surface area contributed by atoms with Crippen LogP contribution in [-0.2, 0) is 6.54 Å². The van der Waals surface area contributed by atoms with Gasteiger partial charge in [-0.25, -0.2) is 0 Å². The number of nitrogens with one attached hydrogen (secondary N) is 2. The van der Waals surface area contributed by atoms with Crippen molar-refractivity contribution in [3.63, 3.8) is 0 Å². The van der Waals surface area contributed by atoms with Crippen LogP contribution in [-0.4, -0.2) is 29.9 Å². The van der Waals surface area contributed by atoms with E-state index in [4.69, 9.17) is 4.74 Å². The Kier molecular flexibility index (Phi) is 7.00. The van der Waals surface area contributed by atoms with Crippen LogP contribution in [0.2, 0.25) is 0 Å². The number of para-hydroxylation sites is 1. The van der Waals surface area contributed by atoms with Crippen LogP contribution in [0.3, 0.4) is 0 Å². The highest BCUT2D eigenvalue weighted by atomic mass is 16.5. The first-order valence-corrected chi connectivity index (χ1v) is 9.84. The number of hydrogen-bond acceptors (Lipinski definition) is 4. The Hall–Kier alpha value is -2.89. The maximum atomic E-state index is 12.6. The van der Waals surface area contributed by atoms with Gasteiger partial charge in [-0.1, -0.05) is 43.9 Å². The molecule has 148 valence electrons. The zero-order chi connectivity index (χ0) is 19.8. The van der Waals surface area contributed by atoms with Gasteiger partial charge in [0, 0.05) is 29.9 Å². The topological polar surface area (TPSA) is 80.3 Å². The lowest BCUT2D eigenvalue weighted by atomic mass is 10.1. The van der Waals surface area contributed by atoms with Gasteiger partial charge in [0.25, 0.3) is 11.8 Å². The predicted octanol–water partition coefficient (Wildman–Crippen LogP) is 3.47. The smallest absolute Gasteiger partial charge is 0.270 e. The lowest BCUT2D eigenvalue weighted by molar-refractivity contribution is 0.0933. The van der Waals surface area contributed by atoms with Crippen LogP contribution in [0.4, 0.5) is 0 Å². The zero-order valence-electron chi connectivity index (χ0n) is 16.2. The number of ether oxygens (including phenoxy) is 1. The molecule has 6 heteroatoms. The molecule has 2 amide bonds. The number of rotatable bonds is 6. The molecule has 1 heterocycles. The lowest BCUT2D eigenvalue weighted by Crippen LogP contribution is -2.34. The Bertz CT molecular complexity index is 814. The normalized spacial score (nSPS) is 14.8. The Morgan fingerprint density at radius 3 is 2.57 bits per heavy atom. The monoisotopic (exact) mass is 381 g/mol. The summed E-state index contributed by atoms with van der Waals surface area (Å²) in [5, 5.41) is 5.93. The standard InChI is InChI=1S/C22H27N3O3/c1-28-20-11-7-6-8-17(20)15-24-22(27)19-14-16(12-13-23-19)21(26)25-18-9-4-2-3-5-10-18/h6-8,11-14,18H,2-5,9-10,15H2,1H3,(H,24,27)(H,25,26). The first-order valence-electron chi connectivity index (χ1n) is 9.84. The third kappa shape index (κ3) is 5.31. The molecule has 0 saturated heterocycles. The largest absolute Gasteiger partial charge is 0.496 e. The van der Waals surface area contributed by atoms with Gasteiger partial charge in [0.05, 0.1) is 7.11 Å². The van der Waals surface area contributed by atoms with E-state index in [-0.39, 0.29) is 23.6 Å². The molecular formula is C22H27N3O3. The van der Waals surface area contributed by atoms with Crippen molar-refractivity contribution >= 4 is 11.8 Å². The van der Waals surface area contributed by atoms with Gasteiger partial charge in [-0.2, -0.15) is 0 Å². The second-order valence-electron chi connectivity index (χ2n) is 7.09. The second-order valence-corrected chi connectivity index (χ2v) is 7.09. The van der Waals surface area contributed by atoms with Crippen LogP contribution in [0.15, 0.2) is 42.6 Å². The summed E-state index contributed by atoms with van der Waals surface area (Å²) in [7, 11) is 1.60. The van der Waals surface area contributed by atoms with Crippen molar-refractivity contribution < 1.29 is 14.3 Å². The van der Waals surface area contributed by atoms with Crippen molar-refractivity contribution in [3.05, 3.63) is 59.4 Å². The maximum absolute atomic E-state index is 12.6. The summed E-state index contributed by atoms with van der Waals surface area (Å²) >= 11 is 0. The number of aromatic nitrogens is 1. The Balaban J connectivity index is 1.61. The van der Waals surface area contributed by atoms with E-state index in [1.54, 1.807) is 19.2 Å². The van der Waals surface area contributed by atoms with Crippen LogP contribution >= 0.6 is 0 Å². The fourth-order valence-corrected chi connectivity index (χ4v) is 3.50. The van der Waals surface area contributed by atoms with E-state index >= 15 is 0 Å². The number of benzene rings is 1. The molecule has 0 radical (unpaired) electrons. The first kappa shape index (κ1) is 19.9. The molecule has 0 aliphatic heterocycles. The number of pyridine rings is 1. The minimum absolute atomic E-state index is 0.145. The average molecular weight is 381 g/mol. The summed E-state index contributed by atoms with van der Waals surface area (Å²) in [5.41, 5.74) is 1.56. The van der Waals surface area contributed by atoms with Crippen molar-refractivity contribution in [1.82, 2.24) is 15.6 Å². The molecule has 1 aromatic carbocycles. The van der Waals surface area contributed by atoms with Crippen LogP contribution < -0.4 is 15.4 Å². The zero-order valence-corrected chi connectivity index (χ0v) is 16.2. The molecule has 3 rings (SSSR count). The van der Waals surface area contributed by atoms with Crippen molar-refractivity contribution in [3.8, 4) is 5.75 Å². The molecule has 28 heavy (non-hydrogen) atoms. The highest BCUT2D eigenvalue weighted by molar-refractivity contribution is 5.98. The van der Waals surface area contributed by atoms with Crippen molar-refractivity contribution in [2.45, 2.75) is 51.1 Å². The van der Waals surface area contributed by atoms with Gasteiger partial charge in [-0.05, 0) is 31.0 Å².